The Bertz CT molecular complexity index is 831. The van der Waals surface area contributed by atoms with E-state index in [2.05, 4.69) is 15.3 Å². The normalized spacial score (nSPS) is 10.5. The lowest BCUT2D eigenvalue weighted by Gasteiger charge is -2.10. The van der Waals surface area contributed by atoms with Gasteiger partial charge in [-0.05, 0) is 18.2 Å². The van der Waals surface area contributed by atoms with Gasteiger partial charge in [0.15, 0.2) is 0 Å². The Hall–Kier alpha value is -3.02. The number of hydrogen-bond donors (Lipinski definition) is 2. The summed E-state index contributed by atoms with van der Waals surface area (Å²) in [6, 6.07) is 10.1. The summed E-state index contributed by atoms with van der Waals surface area (Å²) in [5.41, 5.74) is 1.06. The summed E-state index contributed by atoms with van der Waals surface area (Å²) in [5, 5.41) is 12.9. The first kappa shape index (κ1) is 13.0. The lowest BCUT2D eigenvalue weighted by atomic mass is 10.2. The Labute approximate surface area is 119 Å². The van der Waals surface area contributed by atoms with Gasteiger partial charge in [0, 0.05) is 11.6 Å². The van der Waals surface area contributed by atoms with Gasteiger partial charge in [-0.25, -0.2) is 14.2 Å². The van der Waals surface area contributed by atoms with Crippen molar-refractivity contribution in [2.75, 3.05) is 5.32 Å². The highest BCUT2D eigenvalue weighted by atomic mass is 19.1. The average molecular weight is 283 g/mol. The van der Waals surface area contributed by atoms with Gasteiger partial charge < -0.3 is 10.4 Å². The molecule has 21 heavy (non-hydrogen) atoms. The number of para-hydroxylation sites is 1. The molecule has 2 N–H and O–H groups in total. The highest BCUT2D eigenvalue weighted by Gasteiger charge is 2.14. The van der Waals surface area contributed by atoms with Gasteiger partial charge >= 0.3 is 5.97 Å². The van der Waals surface area contributed by atoms with Crippen LogP contribution in [0.1, 0.15) is 10.4 Å². The second-order valence-electron chi connectivity index (χ2n) is 4.36. The van der Waals surface area contributed by atoms with Gasteiger partial charge in [-0.15, -0.1) is 0 Å². The highest BCUT2D eigenvalue weighted by molar-refractivity contribution is 5.97. The van der Waals surface area contributed by atoms with Crippen molar-refractivity contribution in [3.05, 3.63) is 60.2 Å². The summed E-state index contributed by atoms with van der Waals surface area (Å²) >= 11 is 0. The number of rotatable bonds is 3. The Morgan fingerprint density at radius 2 is 2.00 bits per heavy atom. The number of aromatic nitrogens is 2. The molecule has 6 heteroatoms. The predicted octanol–water partition coefficient (Wildman–Crippen LogP) is 3.21. The molecule has 0 aliphatic rings. The van der Waals surface area contributed by atoms with Crippen LogP contribution < -0.4 is 5.32 Å². The molecular weight excluding hydrogens is 273 g/mol. The SMILES string of the molecule is O=C(O)c1cc(F)cnc1Nc1cccc2cccnc12. The van der Waals surface area contributed by atoms with Crippen LogP contribution in [0.2, 0.25) is 0 Å². The van der Waals surface area contributed by atoms with E-state index in [1.807, 2.05) is 24.3 Å². The minimum atomic E-state index is -1.25. The lowest BCUT2D eigenvalue weighted by Crippen LogP contribution is -2.06. The second kappa shape index (κ2) is 5.16. The zero-order chi connectivity index (χ0) is 14.8. The highest BCUT2D eigenvalue weighted by Crippen LogP contribution is 2.25. The van der Waals surface area contributed by atoms with Crippen LogP contribution in [0, 0.1) is 5.82 Å². The maximum Gasteiger partial charge on any atom is 0.339 e. The summed E-state index contributed by atoms with van der Waals surface area (Å²) in [6.45, 7) is 0. The van der Waals surface area contributed by atoms with E-state index >= 15 is 0 Å². The summed E-state index contributed by atoms with van der Waals surface area (Å²) in [6.07, 6.45) is 2.61. The number of carbonyl (C=O) groups is 1. The van der Waals surface area contributed by atoms with Crippen LogP contribution >= 0.6 is 0 Å². The molecule has 2 heterocycles. The van der Waals surface area contributed by atoms with Crippen molar-refractivity contribution in [1.82, 2.24) is 9.97 Å². The van der Waals surface area contributed by atoms with Crippen molar-refractivity contribution < 1.29 is 14.3 Å². The molecule has 3 rings (SSSR count). The number of anilines is 2. The molecule has 1 aromatic carbocycles. The molecule has 0 atom stereocenters. The number of halogens is 1. The summed E-state index contributed by atoms with van der Waals surface area (Å²) in [5.74, 6) is -1.88. The zero-order valence-electron chi connectivity index (χ0n) is 10.7. The van der Waals surface area contributed by atoms with Gasteiger partial charge in [-0.2, -0.15) is 0 Å². The molecule has 104 valence electrons. The third kappa shape index (κ3) is 2.51. The number of nitrogens with zero attached hydrogens (tertiary/aromatic N) is 2. The van der Waals surface area contributed by atoms with Gasteiger partial charge in [0.2, 0.25) is 0 Å². The molecule has 0 fully saturated rings. The smallest absolute Gasteiger partial charge is 0.339 e. The fourth-order valence-corrected chi connectivity index (χ4v) is 2.03. The standard InChI is InChI=1S/C15H10FN3O2/c16-10-7-11(15(20)21)14(18-8-10)19-12-5-1-3-9-4-2-6-17-13(9)12/h1-8H,(H,18,19)(H,20,21). The minimum absolute atomic E-state index is 0.0713. The fraction of sp³-hybridized carbons (Fsp3) is 0. The van der Waals surface area contributed by atoms with Crippen molar-refractivity contribution in [2.45, 2.75) is 0 Å². The van der Waals surface area contributed by atoms with Crippen molar-refractivity contribution in [2.24, 2.45) is 0 Å². The van der Waals surface area contributed by atoms with E-state index in [1.165, 1.54) is 0 Å². The molecule has 0 amide bonds. The third-order valence-corrected chi connectivity index (χ3v) is 2.97. The molecule has 0 saturated heterocycles. The van der Waals surface area contributed by atoms with E-state index in [-0.39, 0.29) is 11.4 Å². The molecule has 0 spiro atoms. The first-order valence-electron chi connectivity index (χ1n) is 6.15. The number of benzene rings is 1. The van der Waals surface area contributed by atoms with Crippen molar-refractivity contribution in [1.29, 1.82) is 0 Å². The number of carboxylic acid groups (broad SMARTS) is 1. The monoisotopic (exact) mass is 283 g/mol. The van der Waals surface area contributed by atoms with Crippen LogP contribution in [0.15, 0.2) is 48.8 Å². The van der Waals surface area contributed by atoms with Gasteiger partial charge in [-0.3, -0.25) is 4.98 Å². The van der Waals surface area contributed by atoms with Crippen molar-refractivity contribution in [3.8, 4) is 0 Å². The Morgan fingerprint density at radius 1 is 1.19 bits per heavy atom. The molecule has 0 saturated carbocycles. The topological polar surface area (TPSA) is 75.1 Å². The van der Waals surface area contributed by atoms with Crippen LogP contribution in [0.25, 0.3) is 10.9 Å². The number of fused-ring (bicyclic) bond motifs is 1. The van der Waals surface area contributed by atoms with E-state index in [4.69, 9.17) is 5.11 Å². The molecular formula is C15H10FN3O2. The third-order valence-electron chi connectivity index (χ3n) is 2.97. The maximum atomic E-state index is 13.1. The Kier molecular flexibility index (Phi) is 3.19. The summed E-state index contributed by atoms with van der Waals surface area (Å²) in [4.78, 5) is 19.2. The number of nitrogens with one attached hydrogen (secondary N) is 1. The molecule has 0 aliphatic carbocycles. The molecule has 0 bridgehead atoms. The zero-order valence-corrected chi connectivity index (χ0v) is 10.7. The summed E-state index contributed by atoms with van der Waals surface area (Å²) < 4.78 is 13.1. The second-order valence-corrected chi connectivity index (χ2v) is 4.36. The maximum absolute atomic E-state index is 13.1. The van der Waals surface area contributed by atoms with Crippen molar-refractivity contribution >= 4 is 28.4 Å². The molecule has 3 aromatic rings. The van der Waals surface area contributed by atoms with Crippen LogP contribution in [-0.4, -0.2) is 21.0 Å². The van der Waals surface area contributed by atoms with Crippen LogP contribution in [-0.2, 0) is 0 Å². The van der Waals surface area contributed by atoms with Gasteiger partial charge in [0.1, 0.15) is 17.2 Å². The van der Waals surface area contributed by atoms with Crippen LogP contribution in [0.5, 0.6) is 0 Å². The average Bonchev–Trinajstić information content (AvgIpc) is 2.49. The fourth-order valence-electron chi connectivity index (χ4n) is 2.03. The van der Waals surface area contributed by atoms with E-state index in [0.29, 0.717) is 11.2 Å². The minimum Gasteiger partial charge on any atom is -0.478 e. The lowest BCUT2D eigenvalue weighted by molar-refractivity contribution is 0.0697. The molecule has 0 unspecified atom stereocenters. The van der Waals surface area contributed by atoms with Crippen molar-refractivity contribution in [3.63, 3.8) is 0 Å². The molecule has 0 aliphatic heterocycles. The number of aromatic carboxylic acids is 1. The molecule has 0 radical (unpaired) electrons. The van der Waals surface area contributed by atoms with E-state index in [1.54, 1.807) is 12.3 Å². The van der Waals surface area contributed by atoms with Crippen LogP contribution in [0.4, 0.5) is 15.9 Å². The Morgan fingerprint density at radius 3 is 2.81 bits per heavy atom. The number of hydrogen-bond acceptors (Lipinski definition) is 4. The van der Waals surface area contributed by atoms with Gasteiger partial charge in [0.05, 0.1) is 17.4 Å². The first-order chi connectivity index (χ1) is 10.1. The predicted molar refractivity (Wildman–Crippen MR) is 76.2 cm³/mol. The Balaban J connectivity index is 2.09. The molecule has 2 aromatic heterocycles. The van der Waals surface area contributed by atoms with Gasteiger partial charge in [0.25, 0.3) is 0 Å². The quantitative estimate of drug-likeness (QED) is 0.772. The first-order valence-corrected chi connectivity index (χ1v) is 6.15. The summed E-state index contributed by atoms with van der Waals surface area (Å²) in [7, 11) is 0. The van der Waals surface area contributed by atoms with E-state index in [9.17, 15) is 9.18 Å². The van der Waals surface area contributed by atoms with Gasteiger partial charge in [-0.1, -0.05) is 18.2 Å². The number of pyridine rings is 2. The van der Waals surface area contributed by atoms with E-state index < -0.39 is 11.8 Å². The largest absolute Gasteiger partial charge is 0.478 e. The van der Waals surface area contributed by atoms with Crippen LogP contribution in [0.3, 0.4) is 0 Å². The van der Waals surface area contributed by atoms with E-state index in [0.717, 1.165) is 17.6 Å². The molecule has 5 nitrogen and oxygen atoms in total. The number of carboxylic acids is 1.